The molecule has 0 aliphatic rings. The van der Waals surface area contributed by atoms with E-state index in [4.69, 9.17) is 0 Å². The van der Waals surface area contributed by atoms with Gasteiger partial charge >= 0.3 is 0 Å². The SMILES string of the molecule is Cc1ccccc1-c1nn(C(C)C(=O)N(C)C)cc1C. The van der Waals surface area contributed by atoms with Crippen molar-refractivity contribution in [3.8, 4) is 11.3 Å². The molecule has 0 spiro atoms. The highest BCUT2D eigenvalue weighted by Gasteiger charge is 2.19. The second-order valence-corrected chi connectivity index (χ2v) is 5.36. The van der Waals surface area contributed by atoms with Gasteiger partial charge in [-0.1, -0.05) is 24.3 Å². The van der Waals surface area contributed by atoms with Crippen LogP contribution in [0, 0.1) is 13.8 Å². The fourth-order valence-electron chi connectivity index (χ4n) is 2.27. The Balaban J connectivity index is 2.40. The highest BCUT2D eigenvalue weighted by atomic mass is 16.2. The average molecular weight is 271 g/mol. The first-order chi connectivity index (χ1) is 9.41. The van der Waals surface area contributed by atoms with Gasteiger partial charge in [0.25, 0.3) is 0 Å². The van der Waals surface area contributed by atoms with Gasteiger partial charge in [0.2, 0.25) is 5.91 Å². The summed E-state index contributed by atoms with van der Waals surface area (Å²) < 4.78 is 1.75. The maximum Gasteiger partial charge on any atom is 0.246 e. The van der Waals surface area contributed by atoms with Crippen LogP contribution in [0.5, 0.6) is 0 Å². The number of likely N-dealkylation sites (N-methyl/N-ethyl adjacent to an activating group) is 1. The number of amides is 1. The fraction of sp³-hybridized carbons (Fsp3) is 0.375. The van der Waals surface area contributed by atoms with Crippen molar-refractivity contribution in [2.75, 3.05) is 14.1 Å². The van der Waals surface area contributed by atoms with Crippen molar-refractivity contribution < 1.29 is 4.79 Å². The van der Waals surface area contributed by atoms with Crippen molar-refractivity contribution in [3.63, 3.8) is 0 Å². The molecule has 0 saturated heterocycles. The first-order valence-electron chi connectivity index (χ1n) is 6.74. The van der Waals surface area contributed by atoms with Crippen molar-refractivity contribution in [2.45, 2.75) is 26.8 Å². The Kier molecular flexibility index (Phi) is 3.93. The molecule has 20 heavy (non-hydrogen) atoms. The smallest absolute Gasteiger partial charge is 0.246 e. The minimum atomic E-state index is -0.290. The van der Waals surface area contributed by atoms with Crippen LogP contribution in [0.1, 0.15) is 24.1 Å². The number of carbonyl (C=O) groups is 1. The van der Waals surface area contributed by atoms with Crippen LogP contribution in [0.4, 0.5) is 0 Å². The van der Waals surface area contributed by atoms with Gasteiger partial charge in [-0.3, -0.25) is 9.48 Å². The molecular formula is C16H21N3O. The van der Waals surface area contributed by atoms with E-state index in [1.54, 1.807) is 23.7 Å². The van der Waals surface area contributed by atoms with Crippen molar-refractivity contribution >= 4 is 5.91 Å². The topological polar surface area (TPSA) is 38.1 Å². The van der Waals surface area contributed by atoms with E-state index in [0.29, 0.717) is 0 Å². The maximum absolute atomic E-state index is 12.0. The standard InChI is InChI=1S/C16H21N3O/c1-11-8-6-7-9-14(11)15-12(2)10-19(17-15)13(3)16(20)18(4)5/h6-10,13H,1-5H3. The molecule has 2 aromatic rings. The zero-order valence-electron chi connectivity index (χ0n) is 12.7. The van der Waals surface area contributed by atoms with Gasteiger partial charge < -0.3 is 4.90 Å². The lowest BCUT2D eigenvalue weighted by molar-refractivity contribution is -0.131. The van der Waals surface area contributed by atoms with Crippen LogP contribution in [-0.2, 0) is 4.79 Å². The quantitative estimate of drug-likeness (QED) is 0.861. The summed E-state index contributed by atoms with van der Waals surface area (Å²) in [7, 11) is 3.52. The van der Waals surface area contributed by atoms with Gasteiger partial charge in [0.05, 0.1) is 5.69 Å². The lowest BCUT2D eigenvalue weighted by atomic mass is 10.0. The number of nitrogens with zero attached hydrogens (tertiary/aromatic N) is 3. The van der Waals surface area contributed by atoms with Gasteiger partial charge in [-0.15, -0.1) is 0 Å². The van der Waals surface area contributed by atoms with E-state index >= 15 is 0 Å². The molecule has 0 aliphatic heterocycles. The minimum Gasteiger partial charge on any atom is -0.347 e. The molecule has 4 heteroatoms. The Morgan fingerprint density at radius 1 is 1.20 bits per heavy atom. The molecule has 106 valence electrons. The zero-order valence-corrected chi connectivity index (χ0v) is 12.7. The number of hydrogen-bond donors (Lipinski definition) is 0. The zero-order chi connectivity index (χ0) is 14.9. The first kappa shape index (κ1) is 14.3. The Hall–Kier alpha value is -2.10. The molecule has 0 radical (unpaired) electrons. The molecule has 0 N–H and O–H groups in total. The lowest BCUT2D eigenvalue weighted by Crippen LogP contribution is -2.30. The van der Waals surface area contributed by atoms with Crippen molar-refractivity contribution in [3.05, 3.63) is 41.6 Å². The van der Waals surface area contributed by atoms with Crippen molar-refractivity contribution in [1.29, 1.82) is 0 Å². The normalized spacial score (nSPS) is 12.2. The van der Waals surface area contributed by atoms with Gasteiger partial charge in [0, 0.05) is 25.9 Å². The van der Waals surface area contributed by atoms with Crippen LogP contribution in [0.2, 0.25) is 0 Å². The summed E-state index contributed by atoms with van der Waals surface area (Å²) in [4.78, 5) is 13.6. The third-order valence-corrected chi connectivity index (χ3v) is 3.51. The molecule has 0 aliphatic carbocycles. The van der Waals surface area contributed by atoms with Crippen LogP contribution in [-0.4, -0.2) is 34.7 Å². The van der Waals surface area contributed by atoms with Gasteiger partial charge in [0.15, 0.2) is 0 Å². The van der Waals surface area contributed by atoms with Crippen molar-refractivity contribution in [1.82, 2.24) is 14.7 Å². The molecule has 1 unspecified atom stereocenters. The van der Waals surface area contributed by atoms with Crippen LogP contribution in [0.3, 0.4) is 0 Å². The predicted molar refractivity (Wildman–Crippen MR) is 80.5 cm³/mol. The number of benzene rings is 1. The van der Waals surface area contributed by atoms with Crippen LogP contribution >= 0.6 is 0 Å². The molecule has 1 amide bonds. The van der Waals surface area contributed by atoms with Crippen LogP contribution in [0.15, 0.2) is 30.5 Å². The first-order valence-corrected chi connectivity index (χ1v) is 6.74. The van der Waals surface area contributed by atoms with Gasteiger partial charge in [-0.2, -0.15) is 5.10 Å². The third-order valence-electron chi connectivity index (χ3n) is 3.51. The van der Waals surface area contributed by atoms with E-state index in [1.807, 2.05) is 32.2 Å². The second-order valence-electron chi connectivity index (χ2n) is 5.36. The molecule has 1 heterocycles. The molecule has 0 fully saturated rings. The molecule has 0 bridgehead atoms. The Bertz CT molecular complexity index is 628. The van der Waals surface area contributed by atoms with E-state index in [0.717, 1.165) is 16.8 Å². The summed E-state index contributed by atoms with van der Waals surface area (Å²) in [6, 6.07) is 7.87. The highest BCUT2D eigenvalue weighted by molar-refractivity contribution is 5.79. The monoisotopic (exact) mass is 271 g/mol. The molecule has 0 saturated carbocycles. The summed E-state index contributed by atoms with van der Waals surface area (Å²) in [6.07, 6.45) is 1.94. The lowest BCUT2D eigenvalue weighted by Gasteiger charge is -2.16. The minimum absolute atomic E-state index is 0.0452. The van der Waals surface area contributed by atoms with E-state index in [9.17, 15) is 4.79 Å². The second kappa shape index (κ2) is 5.49. The van der Waals surface area contributed by atoms with E-state index < -0.39 is 0 Å². The highest BCUT2D eigenvalue weighted by Crippen LogP contribution is 2.25. The molecule has 1 atom stereocenters. The number of aryl methyl sites for hydroxylation is 2. The van der Waals surface area contributed by atoms with E-state index in [2.05, 4.69) is 24.2 Å². The number of rotatable bonds is 3. The van der Waals surface area contributed by atoms with E-state index in [1.165, 1.54) is 5.56 Å². The largest absolute Gasteiger partial charge is 0.347 e. The van der Waals surface area contributed by atoms with Gasteiger partial charge in [-0.25, -0.2) is 0 Å². The number of aromatic nitrogens is 2. The average Bonchev–Trinajstić information content (AvgIpc) is 2.79. The summed E-state index contributed by atoms with van der Waals surface area (Å²) in [6.45, 7) is 5.97. The summed E-state index contributed by atoms with van der Waals surface area (Å²) in [5.41, 5.74) is 4.33. The fourth-order valence-corrected chi connectivity index (χ4v) is 2.27. The molecule has 4 nitrogen and oxygen atoms in total. The number of hydrogen-bond acceptors (Lipinski definition) is 2. The van der Waals surface area contributed by atoms with Crippen LogP contribution in [0.25, 0.3) is 11.3 Å². The third kappa shape index (κ3) is 2.59. The molecule has 2 rings (SSSR count). The molecule has 1 aromatic heterocycles. The Morgan fingerprint density at radius 2 is 1.85 bits per heavy atom. The predicted octanol–water partition coefficient (Wildman–Crippen LogP) is 2.82. The Labute approximate surface area is 120 Å². The summed E-state index contributed by atoms with van der Waals surface area (Å²) >= 11 is 0. The maximum atomic E-state index is 12.0. The number of carbonyl (C=O) groups excluding carboxylic acids is 1. The Morgan fingerprint density at radius 3 is 2.45 bits per heavy atom. The summed E-state index contributed by atoms with van der Waals surface area (Å²) in [5.74, 6) is 0.0452. The molecule has 1 aromatic carbocycles. The summed E-state index contributed by atoms with van der Waals surface area (Å²) in [5, 5.41) is 4.61. The van der Waals surface area contributed by atoms with Gasteiger partial charge in [0.1, 0.15) is 6.04 Å². The van der Waals surface area contributed by atoms with Crippen molar-refractivity contribution in [2.24, 2.45) is 0 Å². The van der Waals surface area contributed by atoms with Gasteiger partial charge in [-0.05, 0) is 31.9 Å². The molecular weight excluding hydrogens is 250 g/mol. The van der Waals surface area contributed by atoms with Crippen LogP contribution < -0.4 is 0 Å². The van der Waals surface area contributed by atoms with E-state index in [-0.39, 0.29) is 11.9 Å².